The first-order valence-electron chi connectivity index (χ1n) is 12.3. The predicted molar refractivity (Wildman–Crippen MR) is 148 cm³/mol. The number of aliphatic hydroxyl groups is 1. The van der Waals surface area contributed by atoms with Gasteiger partial charge in [-0.3, -0.25) is 4.84 Å². The van der Waals surface area contributed by atoms with Gasteiger partial charge in [-0.15, -0.1) is 0 Å². The van der Waals surface area contributed by atoms with Gasteiger partial charge in [-0.1, -0.05) is 72.8 Å². The molecule has 39 heavy (non-hydrogen) atoms. The number of rotatable bonds is 10. The third-order valence-corrected chi connectivity index (χ3v) is 6.47. The van der Waals surface area contributed by atoms with Gasteiger partial charge in [0, 0.05) is 6.42 Å². The number of methoxy groups -OCH3 is 1. The Labute approximate surface area is 230 Å². The van der Waals surface area contributed by atoms with Gasteiger partial charge in [-0.2, -0.15) is 13.9 Å². The summed E-state index contributed by atoms with van der Waals surface area (Å²) >= 11 is 0. The molecule has 0 unspecified atom stereocenters. The highest BCUT2D eigenvalue weighted by atomic mass is 32.2. The normalized spacial score (nSPS) is 13.6. The second kappa shape index (κ2) is 13.4. The van der Waals surface area contributed by atoms with E-state index in [1.54, 1.807) is 45.0 Å². The second-order valence-corrected chi connectivity index (χ2v) is 10.8. The van der Waals surface area contributed by atoms with Crippen molar-refractivity contribution in [1.82, 2.24) is 10.8 Å². The molecule has 10 heteroatoms. The van der Waals surface area contributed by atoms with E-state index >= 15 is 0 Å². The Morgan fingerprint density at radius 2 is 1.46 bits per heavy atom. The molecule has 3 aromatic rings. The van der Waals surface area contributed by atoms with Crippen LogP contribution in [-0.2, 0) is 38.4 Å². The zero-order valence-electron chi connectivity index (χ0n) is 22.4. The maximum atomic E-state index is 13.2. The molecule has 1 amide bonds. The molecule has 9 nitrogen and oxygen atoms in total. The van der Waals surface area contributed by atoms with Crippen molar-refractivity contribution in [2.75, 3.05) is 7.11 Å². The van der Waals surface area contributed by atoms with Gasteiger partial charge in [0.2, 0.25) is 10.3 Å². The summed E-state index contributed by atoms with van der Waals surface area (Å²) in [6.45, 7) is 5.15. The van der Waals surface area contributed by atoms with Gasteiger partial charge in [0.25, 0.3) is 0 Å². The van der Waals surface area contributed by atoms with Gasteiger partial charge >= 0.3 is 6.09 Å². The quantitative estimate of drug-likeness (QED) is 0.256. The van der Waals surface area contributed by atoms with E-state index in [1.807, 2.05) is 60.7 Å². The van der Waals surface area contributed by atoms with Crippen molar-refractivity contribution in [3.05, 3.63) is 102 Å². The maximum absolute atomic E-state index is 13.2. The number of hydrogen-bond acceptors (Lipinski definition) is 7. The third-order valence-electron chi connectivity index (χ3n) is 5.80. The highest BCUT2D eigenvalue weighted by Crippen LogP contribution is 2.32. The molecule has 3 N–H and O–H groups in total. The van der Waals surface area contributed by atoms with Gasteiger partial charge in [0.15, 0.2) is 4.99 Å². The van der Waals surface area contributed by atoms with Crippen LogP contribution in [-0.4, -0.2) is 43.4 Å². The fourth-order valence-electron chi connectivity index (χ4n) is 4.00. The van der Waals surface area contributed by atoms with Gasteiger partial charge < -0.3 is 19.9 Å². The van der Waals surface area contributed by atoms with E-state index in [2.05, 4.69) is 10.8 Å². The van der Waals surface area contributed by atoms with Crippen molar-refractivity contribution >= 4 is 21.4 Å². The summed E-state index contributed by atoms with van der Waals surface area (Å²) in [7, 11) is -1.43. The Kier molecular flexibility index (Phi) is 10.2. The van der Waals surface area contributed by atoms with Crippen molar-refractivity contribution in [3.8, 4) is 5.75 Å². The number of hydrogen-bond donors (Lipinski definition) is 3. The number of carbonyl (C=O) groups is 1. The van der Waals surface area contributed by atoms with Crippen LogP contribution in [0.15, 0.2) is 84.9 Å². The first-order valence-corrected chi connectivity index (χ1v) is 13.4. The number of aliphatic hydroxyl groups excluding tert-OH is 1. The molecule has 0 radical (unpaired) electrons. The van der Waals surface area contributed by atoms with E-state index in [-0.39, 0.29) is 13.0 Å². The number of carbonyl (C=O) groups excluding carboxylic acids is 1. The summed E-state index contributed by atoms with van der Waals surface area (Å²) in [4.78, 5) is 18.1. The largest absolute Gasteiger partial charge is 0.497 e. The second-order valence-electron chi connectivity index (χ2n) is 9.87. The number of nitrogens with one attached hydrogen (secondary N) is 2. The predicted octanol–water partition coefficient (Wildman–Crippen LogP) is 3.75. The number of benzene rings is 3. The van der Waals surface area contributed by atoms with Gasteiger partial charge in [0.1, 0.15) is 23.0 Å². The molecule has 2 atom stereocenters. The van der Waals surface area contributed by atoms with Crippen LogP contribution in [0.25, 0.3) is 0 Å². The minimum Gasteiger partial charge on any atom is -0.497 e. The van der Waals surface area contributed by atoms with Crippen molar-refractivity contribution in [2.45, 2.75) is 51.0 Å². The van der Waals surface area contributed by atoms with E-state index < -0.39 is 38.6 Å². The molecule has 0 spiro atoms. The van der Waals surface area contributed by atoms with Gasteiger partial charge in [-0.25, -0.2) is 4.79 Å². The smallest absolute Gasteiger partial charge is 0.408 e. The van der Waals surface area contributed by atoms with Gasteiger partial charge in [0.05, 0.1) is 13.7 Å². The van der Waals surface area contributed by atoms with Crippen molar-refractivity contribution in [2.24, 2.45) is 0 Å². The van der Waals surface area contributed by atoms with Crippen LogP contribution < -0.4 is 15.5 Å². The molecule has 3 aromatic carbocycles. The first kappa shape index (κ1) is 29.9. The van der Waals surface area contributed by atoms with Crippen molar-refractivity contribution in [3.63, 3.8) is 0 Å². The molecule has 0 aliphatic carbocycles. The van der Waals surface area contributed by atoms with E-state index in [0.717, 1.165) is 11.1 Å². The van der Waals surface area contributed by atoms with E-state index in [4.69, 9.17) is 14.3 Å². The monoisotopic (exact) mass is 554 g/mol. The lowest BCUT2D eigenvalue weighted by atomic mass is 9.79. The summed E-state index contributed by atoms with van der Waals surface area (Å²) in [6.07, 6.45) is -2.64. The molecular formula is C29H34N2O7S. The van der Waals surface area contributed by atoms with Crippen LogP contribution in [0.3, 0.4) is 0 Å². The fraction of sp³-hybridized carbons (Fsp3) is 0.310. The van der Waals surface area contributed by atoms with E-state index in [9.17, 15) is 18.3 Å². The van der Waals surface area contributed by atoms with Gasteiger partial charge in [-0.05, 0) is 49.6 Å². The van der Waals surface area contributed by atoms with E-state index in [0.29, 0.717) is 11.3 Å². The lowest BCUT2D eigenvalue weighted by Crippen LogP contribution is -2.61. The van der Waals surface area contributed by atoms with Crippen LogP contribution in [0.4, 0.5) is 4.79 Å². The molecule has 0 saturated heterocycles. The molecule has 3 rings (SSSR count). The summed E-state index contributed by atoms with van der Waals surface area (Å²) < 4.78 is 35.7. The van der Waals surface area contributed by atoms with Crippen LogP contribution in [0.1, 0.15) is 37.5 Å². The van der Waals surface area contributed by atoms with Crippen LogP contribution in [0.2, 0.25) is 0 Å². The molecule has 0 fully saturated rings. The summed E-state index contributed by atoms with van der Waals surface area (Å²) in [5.41, 5.74) is 1.79. The summed E-state index contributed by atoms with van der Waals surface area (Å²) in [6, 6.07) is 24.8. The zero-order chi connectivity index (χ0) is 28.5. The standard InChI is InChI=1S/C29H34N2O7S/c1-28(2,3)38-27(33)30-29(19-21-11-7-5-8-12-21,23-15-17-24(36-4)18-16-23)25(32)26(39(34)35)31-37-20-22-13-9-6-10-14-22/h5-18,25,31-32H,19-20H2,1-4H3,(H,30,33)/t25-,29-/m0/s1. The maximum Gasteiger partial charge on any atom is 0.408 e. The number of ether oxygens (including phenoxy) is 2. The van der Waals surface area contributed by atoms with Crippen LogP contribution in [0, 0.1) is 0 Å². The SMILES string of the molecule is COc1ccc([C@](Cc2ccccc2)(NC(=O)OC(C)(C)C)[C@@H](O)C(NOCc2ccccc2)=S(=O)=O)cc1. The third kappa shape index (κ3) is 8.39. The number of amides is 1. The Bertz CT molecular complexity index is 1350. The Morgan fingerprint density at radius 1 is 0.897 bits per heavy atom. The number of hydroxylamine groups is 1. The molecule has 208 valence electrons. The molecule has 0 aliphatic rings. The number of alkyl carbamates (subject to hydrolysis) is 1. The molecule has 0 heterocycles. The van der Waals surface area contributed by atoms with Crippen molar-refractivity contribution in [1.29, 1.82) is 0 Å². The fourth-order valence-corrected chi connectivity index (χ4v) is 4.51. The Balaban J connectivity index is 2.10. The highest BCUT2D eigenvalue weighted by Gasteiger charge is 2.45. The zero-order valence-corrected chi connectivity index (χ0v) is 23.2. The van der Waals surface area contributed by atoms with Crippen molar-refractivity contribution < 1.29 is 32.6 Å². The molecule has 0 saturated carbocycles. The topological polar surface area (TPSA) is 123 Å². The highest BCUT2D eigenvalue weighted by molar-refractivity contribution is 7.73. The molecule has 0 aromatic heterocycles. The first-order chi connectivity index (χ1) is 18.5. The lowest BCUT2D eigenvalue weighted by molar-refractivity contribution is 0.0262. The van der Waals surface area contributed by atoms with Crippen LogP contribution >= 0.6 is 0 Å². The molecular weight excluding hydrogens is 520 g/mol. The average Bonchev–Trinajstić information content (AvgIpc) is 2.90. The Morgan fingerprint density at radius 3 is 1.97 bits per heavy atom. The lowest BCUT2D eigenvalue weighted by Gasteiger charge is -2.40. The molecule has 0 bridgehead atoms. The van der Waals surface area contributed by atoms with E-state index in [1.165, 1.54) is 7.11 Å². The summed E-state index contributed by atoms with van der Waals surface area (Å²) in [5, 5.41) is 14.6. The minimum atomic E-state index is -2.95. The average molecular weight is 555 g/mol. The molecule has 0 aliphatic heterocycles. The summed E-state index contributed by atoms with van der Waals surface area (Å²) in [5.74, 6) is 0.542. The van der Waals surface area contributed by atoms with Crippen LogP contribution in [0.5, 0.6) is 5.75 Å². The Hall–Kier alpha value is -3.70. The minimum absolute atomic E-state index is 0.0155.